The molecule has 1 aliphatic carbocycles. The second-order valence-electron chi connectivity index (χ2n) is 10.1. The van der Waals surface area contributed by atoms with Gasteiger partial charge in [-0.05, 0) is 56.2 Å². The van der Waals surface area contributed by atoms with E-state index in [1.807, 2.05) is 0 Å². The van der Waals surface area contributed by atoms with Gasteiger partial charge in [0.15, 0.2) is 6.26 Å². The van der Waals surface area contributed by atoms with Crippen molar-refractivity contribution in [2.45, 2.75) is 32.2 Å². The zero-order valence-corrected chi connectivity index (χ0v) is 23.3. The summed E-state index contributed by atoms with van der Waals surface area (Å²) in [4.78, 5) is 24.2. The lowest BCUT2D eigenvalue weighted by Crippen LogP contribution is -2.53. The summed E-state index contributed by atoms with van der Waals surface area (Å²) in [6.45, 7) is 5.75. The van der Waals surface area contributed by atoms with Crippen LogP contribution in [0.15, 0.2) is 90.6 Å². The largest absolute Gasteiger partial charge is 0.460 e. The van der Waals surface area contributed by atoms with Crippen molar-refractivity contribution in [2.24, 2.45) is 0 Å². The molecule has 1 fully saturated rings. The van der Waals surface area contributed by atoms with Gasteiger partial charge < -0.3 is 14.4 Å². The Balaban J connectivity index is 1.18. The molecule has 1 aromatic carbocycles. The zero-order chi connectivity index (χ0) is 27.9. The van der Waals surface area contributed by atoms with Gasteiger partial charge in [0, 0.05) is 56.9 Å². The van der Waals surface area contributed by atoms with Crippen LogP contribution < -0.4 is 4.90 Å². The van der Waals surface area contributed by atoms with Gasteiger partial charge in [0.1, 0.15) is 17.8 Å². The van der Waals surface area contributed by atoms with Gasteiger partial charge in [-0.3, -0.25) is 14.6 Å². The molecular weight excluding hydrogens is 526 g/mol. The third kappa shape index (κ3) is 6.74. The van der Waals surface area contributed by atoms with Crippen LogP contribution in [0.25, 0.3) is 0 Å². The number of carbonyl (C=O) groups is 1. The van der Waals surface area contributed by atoms with Crippen molar-refractivity contribution in [2.75, 3.05) is 37.6 Å². The first-order valence-electron chi connectivity index (χ1n) is 13.5. The summed E-state index contributed by atoms with van der Waals surface area (Å²) in [6, 6.07) is 12.3. The number of hydrogen-bond donors (Lipinski definition) is 0. The van der Waals surface area contributed by atoms with Gasteiger partial charge in [-0.2, -0.15) is 5.26 Å². The first kappa shape index (κ1) is 27.5. The molecule has 0 saturated carbocycles. The van der Waals surface area contributed by atoms with Crippen LogP contribution in [-0.4, -0.2) is 59.5 Å². The molecule has 0 radical (unpaired) electrons. The van der Waals surface area contributed by atoms with E-state index < -0.39 is 0 Å². The molecule has 206 valence electrons. The molecule has 1 aromatic heterocycles. The molecule has 0 N–H and O–H groups in total. The number of rotatable bonds is 8. The average molecular weight is 558 g/mol. The summed E-state index contributed by atoms with van der Waals surface area (Å²) in [5, 5.41) is 9.62. The second kappa shape index (κ2) is 12.9. The molecule has 1 saturated heterocycles. The van der Waals surface area contributed by atoms with E-state index in [4.69, 9.17) is 26.3 Å². The predicted octanol–water partition coefficient (Wildman–Crippen LogP) is 5.61. The number of ether oxygens (including phenoxy) is 2. The first-order chi connectivity index (χ1) is 19.5. The molecule has 1 unspecified atom stereocenters. The van der Waals surface area contributed by atoms with Gasteiger partial charge in [-0.15, -0.1) is 0 Å². The molecule has 40 heavy (non-hydrogen) atoms. The van der Waals surface area contributed by atoms with E-state index in [1.54, 1.807) is 60.0 Å². The molecule has 8 nitrogen and oxygen atoms in total. The number of nitriles is 1. The fourth-order valence-electron chi connectivity index (χ4n) is 4.98. The summed E-state index contributed by atoms with van der Waals surface area (Å²) in [6.07, 6.45) is 14.3. The number of anilines is 1. The van der Waals surface area contributed by atoms with Crippen molar-refractivity contribution >= 4 is 23.3 Å². The van der Waals surface area contributed by atoms with Gasteiger partial charge in [-0.25, -0.2) is 4.98 Å². The molecule has 3 heterocycles. The Bertz CT molecular complexity index is 1370. The van der Waals surface area contributed by atoms with Crippen molar-refractivity contribution in [3.05, 3.63) is 107 Å². The lowest BCUT2D eigenvalue weighted by atomic mass is 10.0. The zero-order valence-electron chi connectivity index (χ0n) is 22.5. The van der Waals surface area contributed by atoms with E-state index in [9.17, 15) is 4.79 Å². The maximum absolute atomic E-state index is 13.6. The lowest BCUT2D eigenvalue weighted by molar-refractivity contribution is 0.0678. The number of allylic oxidation sites excluding steroid dienone is 4. The quantitative estimate of drug-likeness (QED) is 0.417. The Kier molecular flexibility index (Phi) is 8.84. The van der Waals surface area contributed by atoms with E-state index in [1.165, 1.54) is 5.57 Å². The number of pyridine rings is 1. The number of amides is 1. The standard InChI is InChI=1S/C31H32ClN5O3/c1-23(20-37(29-12-11-27(32)19-34-29)31(38)26-9-7-25(18-33)8-10-26)35-13-15-36(16-14-35)30-22-39-28(21-40-30)17-24-5-3-2-4-6-24/h2-3,5,7-12,19,21-23H,4,6,13-17,20H2,1H3. The van der Waals surface area contributed by atoms with Crippen molar-refractivity contribution in [3.63, 3.8) is 0 Å². The molecular formula is C31H32ClN5O3. The predicted molar refractivity (Wildman–Crippen MR) is 154 cm³/mol. The third-order valence-electron chi connectivity index (χ3n) is 7.31. The van der Waals surface area contributed by atoms with Crippen molar-refractivity contribution in [3.8, 4) is 6.07 Å². The molecule has 1 atom stereocenters. The molecule has 0 spiro atoms. The van der Waals surface area contributed by atoms with Crippen molar-refractivity contribution < 1.29 is 14.3 Å². The third-order valence-corrected chi connectivity index (χ3v) is 7.54. The van der Waals surface area contributed by atoms with Crippen LogP contribution in [0.2, 0.25) is 5.02 Å². The number of carbonyl (C=O) groups excluding carboxylic acids is 1. The van der Waals surface area contributed by atoms with E-state index in [0.717, 1.165) is 57.1 Å². The highest BCUT2D eigenvalue weighted by Crippen LogP contribution is 2.26. The van der Waals surface area contributed by atoms with Crippen molar-refractivity contribution in [1.82, 2.24) is 14.8 Å². The second-order valence-corrected chi connectivity index (χ2v) is 10.5. The number of benzene rings is 1. The van der Waals surface area contributed by atoms with Crippen LogP contribution in [0.5, 0.6) is 0 Å². The highest BCUT2D eigenvalue weighted by Gasteiger charge is 2.28. The highest BCUT2D eigenvalue weighted by molar-refractivity contribution is 6.30. The Hall–Kier alpha value is -4.06. The smallest absolute Gasteiger partial charge is 0.259 e. The number of hydrogen-bond acceptors (Lipinski definition) is 7. The Morgan fingerprint density at radius 2 is 1.93 bits per heavy atom. The molecule has 0 bridgehead atoms. The average Bonchev–Trinajstić information content (AvgIpc) is 3.01. The Morgan fingerprint density at radius 3 is 2.55 bits per heavy atom. The van der Waals surface area contributed by atoms with E-state index in [-0.39, 0.29) is 11.9 Å². The minimum absolute atomic E-state index is 0.0729. The normalized spacial score (nSPS) is 17.9. The monoisotopic (exact) mass is 557 g/mol. The van der Waals surface area contributed by atoms with Crippen LogP contribution in [0.4, 0.5) is 5.82 Å². The van der Waals surface area contributed by atoms with Gasteiger partial charge in [0.05, 0.1) is 16.7 Å². The van der Waals surface area contributed by atoms with E-state index >= 15 is 0 Å². The van der Waals surface area contributed by atoms with Gasteiger partial charge >= 0.3 is 0 Å². The van der Waals surface area contributed by atoms with Crippen LogP contribution in [0, 0.1) is 11.3 Å². The summed E-state index contributed by atoms with van der Waals surface area (Å²) >= 11 is 6.06. The van der Waals surface area contributed by atoms with Crippen LogP contribution in [-0.2, 0) is 9.47 Å². The van der Waals surface area contributed by atoms with Crippen molar-refractivity contribution in [1.29, 1.82) is 5.26 Å². The Morgan fingerprint density at radius 1 is 1.12 bits per heavy atom. The van der Waals surface area contributed by atoms with Crippen LogP contribution in [0.1, 0.15) is 42.1 Å². The fraction of sp³-hybridized carbons (Fsp3) is 0.323. The SMILES string of the molecule is CC(CN(C(=O)c1ccc(C#N)cc1)c1ccc(Cl)cn1)N1CCN(C2=COC(CC3=CC=CCC3)=CO2)CC1. The summed E-state index contributed by atoms with van der Waals surface area (Å²) in [7, 11) is 0. The minimum atomic E-state index is -0.176. The topological polar surface area (TPSA) is 81.9 Å². The highest BCUT2D eigenvalue weighted by atomic mass is 35.5. The van der Waals surface area contributed by atoms with E-state index in [2.05, 4.69) is 46.0 Å². The summed E-state index contributed by atoms with van der Waals surface area (Å²) in [5.74, 6) is 1.90. The van der Waals surface area contributed by atoms with Gasteiger partial charge in [-0.1, -0.05) is 35.4 Å². The number of piperazine rings is 1. The van der Waals surface area contributed by atoms with Gasteiger partial charge in [0.25, 0.3) is 5.91 Å². The first-order valence-corrected chi connectivity index (χ1v) is 13.9. The molecule has 3 aliphatic rings. The molecule has 2 aliphatic heterocycles. The fourth-order valence-corrected chi connectivity index (χ4v) is 5.09. The number of nitrogens with zero attached hydrogens (tertiary/aromatic N) is 5. The Labute approximate surface area is 240 Å². The lowest BCUT2D eigenvalue weighted by Gasteiger charge is -2.40. The van der Waals surface area contributed by atoms with Crippen LogP contribution in [0.3, 0.4) is 0 Å². The number of halogens is 1. The summed E-state index contributed by atoms with van der Waals surface area (Å²) < 4.78 is 11.8. The molecule has 2 aromatic rings. The maximum Gasteiger partial charge on any atom is 0.259 e. The maximum atomic E-state index is 13.6. The molecule has 9 heteroatoms. The minimum Gasteiger partial charge on any atom is -0.460 e. The molecule has 5 rings (SSSR count). The molecule has 1 amide bonds. The summed E-state index contributed by atoms with van der Waals surface area (Å²) in [5.41, 5.74) is 2.35. The van der Waals surface area contributed by atoms with Crippen LogP contribution >= 0.6 is 11.6 Å². The number of aromatic nitrogens is 1. The van der Waals surface area contributed by atoms with Gasteiger partial charge in [0.2, 0.25) is 5.88 Å². The van der Waals surface area contributed by atoms with E-state index in [0.29, 0.717) is 28.5 Å².